The molecule has 272 valence electrons. The number of ether oxygens (including phenoxy) is 4. The second-order valence-electron chi connectivity index (χ2n) is 14.2. The fourth-order valence-electron chi connectivity index (χ4n) is 7.26. The number of hydrogen-bond donors (Lipinski definition) is 2. The van der Waals surface area contributed by atoms with Crippen LogP contribution in [0, 0.1) is 0 Å². The monoisotopic (exact) mass is 711 g/mol. The highest BCUT2D eigenvalue weighted by molar-refractivity contribution is 5.88. The number of rotatable bonds is 11. The maximum Gasteiger partial charge on any atom is 0.411 e. The Kier molecular flexibility index (Phi) is 10.2. The summed E-state index contributed by atoms with van der Waals surface area (Å²) >= 11 is 0. The summed E-state index contributed by atoms with van der Waals surface area (Å²) in [6.07, 6.45) is 2.80. The normalized spacial score (nSPS) is 17.6. The Hall–Kier alpha value is -5.71. The molecule has 1 aliphatic heterocycles. The Morgan fingerprint density at radius 1 is 0.849 bits per heavy atom. The molecule has 1 amide bonds. The lowest BCUT2D eigenvalue weighted by atomic mass is 9.80. The molecule has 0 radical (unpaired) electrons. The van der Waals surface area contributed by atoms with E-state index >= 15 is 0 Å². The minimum absolute atomic E-state index is 0.112. The summed E-state index contributed by atoms with van der Waals surface area (Å²) in [7, 11) is 1.64. The zero-order chi connectivity index (χ0) is 37.0. The Balaban J connectivity index is 1.34. The third-order valence-corrected chi connectivity index (χ3v) is 9.70. The average Bonchev–Trinajstić information content (AvgIpc) is 3.77. The van der Waals surface area contributed by atoms with Crippen LogP contribution in [0.15, 0.2) is 128 Å². The van der Waals surface area contributed by atoms with Crippen LogP contribution >= 0.6 is 0 Å². The quantitative estimate of drug-likeness (QED) is 0.129. The zero-order valence-corrected chi connectivity index (χ0v) is 30.4. The van der Waals surface area contributed by atoms with Gasteiger partial charge >= 0.3 is 6.09 Å². The van der Waals surface area contributed by atoms with Gasteiger partial charge in [-0.3, -0.25) is 4.90 Å². The highest BCUT2D eigenvalue weighted by Crippen LogP contribution is 2.45. The number of methoxy groups -OCH3 is 1. The van der Waals surface area contributed by atoms with Gasteiger partial charge < -0.3 is 29.7 Å². The van der Waals surface area contributed by atoms with Crippen molar-refractivity contribution >= 4 is 22.9 Å². The van der Waals surface area contributed by atoms with E-state index in [0.29, 0.717) is 29.9 Å². The highest BCUT2D eigenvalue weighted by atomic mass is 16.6. The summed E-state index contributed by atoms with van der Waals surface area (Å²) in [6, 6.07) is 37.3. The van der Waals surface area contributed by atoms with Crippen LogP contribution in [0.3, 0.4) is 0 Å². The number of carbonyl (C=O) groups excluding carboxylic acids is 1. The summed E-state index contributed by atoms with van der Waals surface area (Å²) < 4.78 is 25.7. The molecular weight excluding hydrogens is 667 g/mol. The third-order valence-electron chi connectivity index (χ3n) is 9.70. The summed E-state index contributed by atoms with van der Waals surface area (Å²) in [4.78, 5) is 28.3. The number of H-pyrrole nitrogens is 1. The van der Waals surface area contributed by atoms with Gasteiger partial charge in [-0.05, 0) is 55.2 Å². The molecule has 2 aromatic heterocycles. The molecule has 3 atom stereocenters. The van der Waals surface area contributed by atoms with Crippen molar-refractivity contribution in [2.75, 3.05) is 19.5 Å². The SMILES string of the molecule is COc1ccc(CO[C@H]2CC(c3c[nH]c4c(N)ncnc34)N(C(=O)OC(C)(C)C)C2COC(c2ccccc2)(c2ccccc2)c2ccccc2)cc1. The molecule has 7 rings (SSSR count). The van der Waals surface area contributed by atoms with Crippen molar-refractivity contribution in [2.24, 2.45) is 0 Å². The topological polar surface area (TPSA) is 125 Å². The molecule has 0 aliphatic carbocycles. The Labute approximate surface area is 309 Å². The van der Waals surface area contributed by atoms with Crippen LogP contribution in [-0.2, 0) is 26.4 Å². The van der Waals surface area contributed by atoms with Gasteiger partial charge in [0.1, 0.15) is 28.8 Å². The summed E-state index contributed by atoms with van der Waals surface area (Å²) in [5.41, 5.74) is 10.3. The number of fused-ring (bicyclic) bond motifs is 1. The minimum Gasteiger partial charge on any atom is -0.497 e. The van der Waals surface area contributed by atoms with Crippen LogP contribution in [0.2, 0.25) is 0 Å². The Morgan fingerprint density at radius 2 is 1.43 bits per heavy atom. The predicted octanol–water partition coefficient (Wildman–Crippen LogP) is 8.19. The molecule has 4 aromatic carbocycles. The molecule has 0 saturated carbocycles. The fraction of sp³-hybridized carbons (Fsp3) is 0.279. The molecule has 10 nitrogen and oxygen atoms in total. The predicted molar refractivity (Wildman–Crippen MR) is 204 cm³/mol. The number of nitrogens with one attached hydrogen (secondary N) is 1. The van der Waals surface area contributed by atoms with Crippen LogP contribution in [0.5, 0.6) is 5.75 Å². The standard InChI is InChI=1S/C43H45N5O5/c1-42(2,3)53-41(49)48-35(34-25-45-39-38(34)46-28-47-40(39)44)24-37(51-26-29-20-22-33(50-4)23-21-29)36(48)27-52-43(30-14-8-5-9-15-30,31-16-10-6-11-17-31)32-18-12-7-13-19-32/h5-23,25,28,35-37,45H,24,26-27H2,1-4H3,(H2,44,46,47)/t35?,36?,37-/m0/s1. The van der Waals surface area contributed by atoms with Crippen molar-refractivity contribution in [1.29, 1.82) is 0 Å². The smallest absolute Gasteiger partial charge is 0.411 e. The number of benzene rings is 4. The van der Waals surface area contributed by atoms with E-state index in [-0.39, 0.29) is 6.61 Å². The summed E-state index contributed by atoms with van der Waals surface area (Å²) in [6.45, 7) is 6.02. The molecule has 3 N–H and O–H groups in total. The Bertz CT molecular complexity index is 2020. The molecular formula is C43H45N5O5. The second-order valence-corrected chi connectivity index (χ2v) is 14.2. The molecule has 3 heterocycles. The highest BCUT2D eigenvalue weighted by Gasteiger charge is 2.49. The van der Waals surface area contributed by atoms with Gasteiger partial charge in [0.2, 0.25) is 0 Å². The lowest BCUT2D eigenvalue weighted by Gasteiger charge is -2.39. The summed E-state index contributed by atoms with van der Waals surface area (Å²) in [5, 5.41) is 0. The van der Waals surface area contributed by atoms with Crippen LogP contribution in [0.1, 0.15) is 61.1 Å². The first kappa shape index (κ1) is 35.7. The molecule has 53 heavy (non-hydrogen) atoms. The van der Waals surface area contributed by atoms with Gasteiger partial charge in [-0.15, -0.1) is 0 Å². The van der Waals surface area contributed by atoms with E-state index in [1.54, 1.807) is 12.0 Å². The number of aromatic nitrogens is 3. The van der Waals surface area contributed by atoms with Crippen molar-refractivity contribution in [3.05, 3.63) is 156 Å². The van der Waals surface area contributed by atoms with E-state index in [9.17, 15) is 4.79 Å². The maximum absolute atomic E-state index is 14.5. The third kappa shape index (κ3) is 7.33. The number of aromatic amines is 1. The van der Waals surface area contributed by atoms with E-state index in [2.05, 4.69) is 51.4 Å². The summed E-state index contributed by atoms with van der Waals surface area (Å²) in [5.74, 6) is 1.09. The van der Waals surface area contributed by atoms with Crippen LogP contribution in [0.25, 0.3) is 11.0 Å². The average molecular weight is 712 g/mol. The molecule has 1 saturated heterocycles. The first-order chi connectivity index (χ1) is 25.7. The van der Waals surface area contributed by atoms with Gasteiger partial charge in [0, 0.05) is 18.2 Å². The van der Waals surface area contributed by atoms with E-state index in [1.165, 1.54) is 6.33 Å². The molecule has 1 fully saturated rings. The van der Waals surface area contributed by atoms with E-state index < -0.39 is 35.5 Å². The molecule has 10 heteroatoms. The number of anilines is 1. The first-order valence-electron chi connectivity index (χ1n) is 17.8. The zero-order valence-electron chi connectivity index (χ0n) is 30.4. The maximum atomic E-state index is 14.5. The largest absolute Gasteiger partial charge is 0.497 e. The van der Waals surface area contributed by atoms with Gasteiger partial charge in [-0.25, -0.2) is 14.8 Å². The van der Waals surface area contributed by atoms with Crippen LogP contribution < -0.4 is 10.5 Å². The van der Waals surface area contributed by atoms with Crippen molar-refractivity contribution in [3.8, 4) is 5.75 Å². The van der Waals surface area contributed by atoms with E-state index in [0.717, 1.165) is 33.6 Å². The van der Waals surface area contributed by atoms with Gasteiger partial charge in [-0.1, -0.05) is 103 Å². The second kappa shape index (κ2) is 15.1. The van der Waals surface area contributed by atoms with Gasteiger partial charge in [0.15, 0.2) is 5.82 Å². The van der Waals surface area contributed by atoms with E-state index in [1.807, 2.05) is 106 Å². The minimum atomic E-state index is -1.02. The van der Waals surface area contributed by atoms with Crippen molar-refractivity contribution in [2.45, 2.75) is 63.2 Å². The molecule has 0 bridgehead atoms. The Morgan fingerprint density at radius 3 is 1.98 bits per heavy atom. The first-order valence-corrected chi connectivity index (χ1v) is 17.8. The molecule has 1 aliphatic rings. The fourth-order valence-corrected chi connectivity index (χ4v) is 7.26. The van der Waals surface area contributed by atoms with Crippen molar-refractivity contribution in [1.82, 2.24) is 19.9 Å². The number of likely N-dealkylation sites (tertiary alicyclic amines) is 1. The van der Waals surface area contributed by atoms with Gasteiger partial charge in [0.25, 0.3) is 0 Å². The molecule has 2 unspecified atom stereocenters. The lowest BCUT2D eigenvalue weighted by molar-refractivity contribution is -0.0622. The van der Waals surface area contributed by atoms with Crippen molar-refractivity contribution < 1.29 is 23.7 Å². The van der Waals surface area contributed by atoms with Gasteiger partial charge in [0.05, 0.1) is 44.0 Å². The van der Waals surface area contributed by atoms with Crippen LogP contribution in [-0.4, -0.2) is 57.4 Å². The van der Waals surface area contributed by atoms with Crippen molar-refractivity contribution in [3.63, 3.8) is 0 Å². The lowest BCUT2D eigenvalue weighted by Crippen LogP contribution is -2.48. The molecule has 0 spiro atoms. The van der Waals surface area contributed by atoms with E-state index in [4.69, 9.17) is 24.7 Å². The van der Waals surface area contributed by atoms with Gasteiger partial charge in [-0.2, -0.15) is 0 Å². The number of nitrogens with zero attached hydrogens (tertiary/aromatic N) is 3. The number of carbonyl (C=O) groups is 1. The van der Waals surface area contributed by atoms with Crippen LogP contribution in [0.4, 0.5) is 10.6 Å². The molecule has 6 aromatic rings. The number of amides is 1. The number of hydrogen-bond acceptors (Lipinski definition) is 8. The number of nitrogens with two attached hydrogens (primary N) is 1. The number of nitrogen functional groups attached to an aromatic ring is 1.